The van der Waals surface area contributed by atoms with Crippen LogP contribution in [0.4, 0.5) is 11.4 Å². The first-order valence-electron chi connectivity index (χ1n) is 7.61. The van der Waals surface area contributed by atoms with Crippen molar-refractivity contribution < 1.29 is 14.5 Å². The third kappa shape index (κ3) is 5.42. The number of nitrogens with zero attached hydrogens (tertiary/aromatic N) is 1. The van der Waals surface area contributed by atoms with Gasteiger partial charge in [-0.2, -0.15) is 0 Å². The number of hydrogen-bond acceptors (Lipinski definition) is 4. The molecular weight excluding hydrogens is 358 g/mol. The van der Waals surface area contributed by atoms with Crippen molar-refractivity contribution in [3.8, 4) is 0 Å². The molecule has 0 unspecified atom stereocenters. The van der Waals surface area contributed by atoms with Crippen LogP contribution in [0.15, 0.2) is 48.5 Å². The maximum Gasteiger partial charge on any atom is 0.288 e. The number of nitro groups is 1. The molecule has 0 saturated carbocycles. The normalized spacial score (nSPS) is 10.5. The van der Waals surface area contributed by atoms with Gasteiger partial charge in [-0.15, -0.1) is 0 Å². The minimum absolute atomic E-state index is 0.0356. The van der Waals surface area contributed by atoms with Crippen LogP contribution < -0.4 is 10.6 Å². The number of likely N-dealkylation sites (N-methyl/N-ethyl adjacent to an activating group) is 1. The van der Waals surface area contributed by atoms with E-state index in [2.05, 4.69) is 10.6 Å². The van der Waals surface area contributed by atoms with Crippen molar-refractivity contribution in [2.75, 3.05) is 12.4 Å². The van der Waals surface area contributed by atoms with Crippen molar-refractivity contribution in [2.45, 2.75) is 6.42 Å². The average molecular weight is 374 g/mol. The highest BCUT2D eigenvalue weighted by Crippen LogP contribution is 2.25. The van der Waals surface area contributed by atoms with Gasteiger partial charge in [0.05, 0.1) is 11.3 Å². The first kappa shape index (κ1) is 19.1. The highest BCUT2D eigenvalue weighted by Gasteiger charge is 2.11. The molecule has 0 heterocycles. The first-order chi connectivity index (χ1) is 12.4. The lowest BCUT2D eigenvalue weighted by molar-refractivity contribution is -0.384. The SMILES string of the molecule is CNC(=O)Cc1ccc(NC(=O)/C=C/c2ccc(Cl)c([N+](=O)[O-])c2)cc1. The molecular formula is C18H16ClN3O4. The van der Waals surface area contributed by atoms with E-state index in [-0.39, 0.29) is 28.9 Å². The average Bonchev–Trinajstić information content (AvgIpc) is 2.62. The standard InChI is InChI=1S/C18H16ClN3O4/c1-20-18(24)11-13-2-6-14(7-3-13)21-17(23)9-5-12-4-8-15(19)16(10-12)22(25)26/h2-10H,11H2,1H3,(H,20,24)(H,21,23)/b9-5+. The Morgan fingerprint density at radius 2 is 1.88 bits per heavy atom. The predicted octanol–water partition coefficient (Wildman–Crippen LogP) is 3.19. The van der Waals surface area contributed by atoms with Crippen molar-refractivity contribution >= 4 is 40.9 Å². The monoisotopic (exact) mass is 373 g/mol. The Balaban J connectivity index is 2.00. The minimum atomic E-state index is -0.583. The van der Waals surface area contributed by atoms with Crippen LogP contribution in [0, 0.1) is 10.1 Å². The molecule has 0 spiro atoms. The topological polar surface area (TPSA) is 101 Å². The third-order valence-electron chi connectivity index (χ3n) is 3.46. The summed E-state index contributed by atoms with van der Waals surface area (Å²) in [4.78, 5) is 33.5. The Morgan fingerprint density at radius 1 is 1.19 bits per heavy atom. The van der Waals surface area contributed by atoms with Crippen LogP contribution >= 0.6 is 11.6 Å². The molecule has 134 valence electrons. The van der Waals surface area contributed by atoms with Crippen molar-refractivity contribution in [3.05, 3.63) is 74.8 Å². The second-order valence-corrected chi connectivity index (χ2v) is 5.74. The van der Waals surface area contributed by atoms with Crippen LogP contribution in [0.1, 0.15) is 11.1 Å². The van der Waals surface area contributed by atoms with Gasteiger partial charge in [0.15, 0.2) is 0 Å². The lowest BCUT2D eigenvalue weighted by Gasteiger charge is -2.04. The molecule has 0 aliphatic rings. The van der Waals surface area contributed by atoms with E-state index in [0.717, 1.165) is 5.56 Å². The van der Waals surface area contributed by atoms with Gasteiger partial charge in [0.1, 0.15) is 5.02 Å². The Bertz CT molecular complexity index is 863. The lowest BCUT2D eigenvalue weighted by atomic mass is 10.1. The highest BCUT2D eigenvalue weighted by atomic mass is 35.5. The molecule has 2 amide bonds. The number of hydrogen-bond donors (Lipinski definition) is 2. The Kier molecular flexibility index (Phi) is 6.46. The molecule has 2 aromatic rings. The molecule has 7 nitrogen and oxygen atoms in total. The predicted molar refractivity (Wildman–Crippen MR) is 100.0 cm³/mol. The molecule has 0 aliphatic heterocycles. The molecule has 0 fully saturated rings. The fourth-order valence-corrected chi connectivity index (χ4v) is 2.30. The number of benzene rings is 2. The first-order valence-corrected chi connectivity index (χ1v) is 7.99. The number of rotatable bonds is 6. The van der Waals surface area contributed by atoms with Crippen LogP contribution in [0.2, 0.25) is 5.02 Å². The quantitative estimate of drug-likeness (QED) is 0.461. The molecule has 2 N–H and O–H groups in total. The minimum Gasteiger partial charge on any atom is -0.359 e. The van der Waals surface area contributed by atoms with Crippen LogP contribution in [0.25, 0.3) is 6.08 Å². The van der Waals surface area contributed by atoms with Gasteiger partial charge < -0.3 is 10.6 Å². The van der Waals surface area contributed by atoms with Crippen LogP contribution in [-0.4, -0.2) is 23.8 Å². The number of carbonyl (C=O) groups excluding carboxylic acids is 2. The van der Waals surface area contributed by atoms with E-state index in [1.165, 1.54) is 24.3 Å². The van der Waals surface area contributed by atoms with E-state index in [1.54, 1.807) is 37.4 Å². The molecule has 0 radical (unpaired) electrons. The van der Waals surface area contributed by atoms with E-state index in [1.807, 2.05) is 0 Å². The van der Waals surface area contributed by atoms with Crippen molar-refractivity contribution in [3.63, 3.8) is 0 Å². The summed E-state index contributed by atoms with van der Waals surface area (Å²) in [7, 11) is 1.57. The summed E-state index contributed by atoms with van der Waals surface area (Å²) in [5.74, 6) is -0.483. The third-order valence-corrected chi connectivity index (χ3v) is 3.78. The molecule has 26 heavy (non-hydrogen) atoms. The fraction of sp³-hybridized carbons (Fsp3) is 0.111. The maximum absolute atomic E-state index is 12.0. The summed E-state index contributed by atoms with van der Waals surface area (Å²) in [5.41, 5.74) is 1.66. The van der Waals surface area contributed by atoms with Gasteiger partial charge in [0.25, 0.3) is 5.69 Å². The smallest absolute Gasteiger partial charge is 0.288 e. The van der Waals surface area contributed by atoms with Crippen LogP contribution in [0.3, 0.4) is 0 Å². The zero-order valence-electron chi connectivity index (χ0n) is 13.9. The highest BCUT2D eigenvalue weighted by molar-refractivity contribution is 6.32. The van der Waals surface area contributed by atoms with Crippen molar-refractivity contribution in [2.24, 2.45) is 0 Å². The number of nitrogens with one attached hydrogen (secondary N) is 2. The summed E-state index contributed by atoms with van der Waals surface area (Å²) < 4.78 is 0. The van der Waals surface area contributed by atoms with Crippen molar-refractivity contribution in [1.29, 1.82) is 0 Å². The molecule has 8 heteroatoms. The van der Waals surface area contributed by atoms with Gasteiger partial charge in [-0.3, -0.25) is 19.7 Å². The van der Waals surface area contributed by atoms with Crippen LogP contribution in [-0.2, 0) is 16.0 Å². The van der Waals surface area contributed by atoms with E-state index >= 15 is 0 Å². The van der Waals surface area contributed by atoms with E-state index in [0.29, 0.717) is 11.3 Å². The Morgan fingerprint density at radius 3 is 2.50 bits per heavy atom. The maximum atomic E-state index is 12.0. The summed E-state index contributed by atoms with van der Waals surface area (Å²) >= 11 is 5.74. The number of nitro benzene ring substituents is 1. The number of anilines is 1. The van der Waals surface area contributed by atoms with Crippen LogP contribution in [0.5, 0.6) is 0 Å². The summed E-state index contributed by atoms with van der Waals surface area (Å²) in [5, 5.41) is 16.1. The molecule has 0 aromatic heterocycles. The largest absolute Gasteiger partial charge is 0.359 e. The van der Waals surface area contributed by atoms with Gasteiger partial charge >= 0.3 is 0 Å². The zero-order chi connectivity index (χ0) is 19.1. The Labute approximate surface area is 154 Å². The molecule has 0 bridgehead atoms. The number of halogens is 1. The second-order valence-electron chi connectivity index (χ2n) is 5.34. The summed E-state index contributed by atoms with van der Waals surface area (Å²) in [6.45, 7) is 0. The van der Waals surface area contributed by atoms with Gasteiger partial charge in [0, 0.05) is 24.9 Å². The molecule has 0 aliphatic carbocycles. The zero-order valence-corrected chi connectivity index (χ0v) is 14.6. The van der Waals surface area contributed by atoms with E-state index < -0.39 is 4.92 Å². The van der Waals surface area contributed by atoms with Gasteiger partial charge in [-0.05, 0) is 35.4 Å². The fourth-order valence-electron chi connectivity index (χ4n) is 2.11. The lowest BCUT2D eigenvalue weighted by Crippen LogP contribution is -2.19. The molecule has 2 rings (SSSR count). The van der Waals surface area contributed by atoms with E-state index in [9.17, 15) is 19.7 Å². The number of carbonyl (C=O) groups is 2. The summed E-state index contributed by atoms with van der Waals surface area (Å²) in [6, 6.07) is 11.2. The van der Waals surface area contributed by atoms with Gasteiger partial charge in [-0.1, -0.05) is 29.8 Å². The van der Waals surface area contributed by atoms with Crippen molar-refractivity contribution in [1.82, 2.24) is 5.32 Å². The molecule has 0 atom stereocenters. The second kappa shape index (κ2) is 8.77. The van der Waals surface area contributed by atoms with Gasteiger partial charge in [0.2, 0.25) is 11.8 Å². The summed E-state index contributed by atoms with van der Waals surface area (Å²) in [6.07, 6.45) is 2.99. The van der Waals surface area contributed by atoms with Gasteiger partial charge in [-0.25, -0.2) is 0 Å². The Hall–Kier alpha value is -3.19. The van der Waals surface area contributed by atoms with E-state index in [4.69, 9.17) is 11.6 Å². The number of amides is 2. The molecule has 0 saturated heterocycles. The molecule has 2 aromatic carbocycles.